The number of nitrogens with one attached hydrogen (secondary N) is 2. The molecular formula is C11H10ClIN4O. The number of anilines is 2. The summed E-state index contributed by atoms with van der Waals surface area (Å²) in [4.78, 5) is 12.0. The number of aromatic amines is 1. The summed E-state index contributed by atoms with van der Waals surface area (Å²) in [6.45, 7) is 1.78. The summed E-state index contributed by atoms with van der Waals surface area (Å²) in [6, 6.07) is 5.07. The molecule has 7 heteroatoms. The second kappa shape index (κ2) is 5.15. The highest BCUT2D eigenvalue weighted by Gasteiger charge is 2.12. The SMILES string of the molecule is Cc1[nH]nc(NC(=O)c2ccc(I)c(Cl)c2)c1N. The van der Waals surface area contributed by atoms with E-state index in [1.54, 1.807) is 25.1 Å². The van der Waals surface area contributed by atoms with Crippen LogP contribution in [0.25, 0.3) is 0 Å². The van der Waals surface area contributed by atoms with E-state index >= 15 is 0 Å². The summed E-state index contributed by atoms with van der Waals surface area (Å²) >= 11 is 8.06. The number of hydrogen-bond acceptors (Lipinski definition) is 3. The van der Waals surface area contributed by atoms with Crippen molar-refractivity contribution in [1.82, 2.24) is 10.2 Å². The van der Waals surface area contributed by atoms with E-state index in [4.69, 9.17) is 17.3 Å². The number of aryl methyl sites for hydroxylation is 1. The summed E-state index contributed by atoms with van der Waals surface area (Å²) < 4.78 is 0.890. The molecule has 5 nitrogen and oxygen atoms in total. The summed E-state index contributed by atoms with van der Waals surface area (Å²) in [6.07, 6.45) is 0. The van der Waals surface area contributed by atoms with Gasteiger partial charge in [-0.05, 0) is 47.7 Å². The lowest BCUT2D eigenvalue weighted by Crippen LogP contribution is -2.13. The van der Waals surface area contributed by atoms with Gasteiger partial charge in [0.15, 0.2) is 5.82 Å². The topological polar surface area (TPSA) is 83.8 Å². The largest absolute Gasteiger partial charge is 0.394 e. The zero-order chi connectivity index (χ0) is 13.3. The van der Waals surface area contributed by atoms with E-state index < -0.39 is 0 Å². The Morgan fingerprint density at radius 1 is 1.56 bits per heavy atom. The Kier molecular flexibility index (Phi) is 3.76. The fourth-order valence-electron chi connectivity index (χ4n) is 1.35. The van der Waals surface area contributed by atoms with Crippen molar-refractivity contribution in [2.45, 2.75) is 6.92 Å². The van der Waals surface area contributed by atoms with Gasteiger partial charge in [-0.15, -0.1) is 0 Å². The first kappa shape index (κ1) is 13.2. The van der Waals surface area contributed by atoms with Gasteiger partial charge >= 0.3 is 0 Å². The Balaban J connectivity index is 2.22. The minimum atomic E-state index is -0.300. The average molecular weight is 377 g/mol. The van der Waals surface area contributed by atoms with Gasteiger partial charge in [0.2, 0.25) is 0 Å². The maximum absolute atomic E-state index is 12.0. The highest BCUT2D eigenvalue weighted by atomic mass is 127. The summed E-state index contributed by atoms with van der Waals surface area (Å²) in [5, 5.41) is 9.76. The number of halogens is 2. The zero-order valence-electron chi connectivity index (χ0n) is 9.42. The summed E-state index contributed by atoms with van der Waals surface area (Å²) in [5.74, 6) is 0.0265. The Bertz CT molecular complexity index is 611. The second-order valence-corrected chi connectivity index (χ2v) is 5.26. The maximum atomic E-state index is 12.0. The number of nitrogens with two attached hydrogens (primary N) is 1. The average Bonchev–Trinajstić information content (AvgIpc) is 2.64. The van der Waals surface area contributed by atoms with Gasteiger partial charge in [0.05, 0.1) is 16.4 Å². The fourth-order valence-corrected chi connectivity index (χ4v) is 1.87. The molecule has 2 aromatic rings. The minimum Gasteiger partial charge on any atom is -0.394 e. The number of aromatic nitrogens is 2. The number of amides is 1. The molecular weight excluding hydrogens is 367 g/mol. The van der Waals surface area contributed by atoms with Crippen LogP contribution in [0, 0.1) is 10.5 Å². The fraction of sp³-hybridized carbons (Fsp3) is 0.0909. The van der Waals surface area contributed by atoms with Crippen LogP contribution in [-0.4, -0.2) is 16.1 Å². The summed E-state index contributed by atoms with van der Waals surface area (Å²) in [5.41, 5.74) is 7.35. The van der Waals surface area contributed by atoms with Crippen LogP contribution in [-0.2, 0) is 0 Å². The van der Waals surface area contributed by atoms with E-state index in [0.29, 0.717) is 27.8 Å². The lowest BCUT2D eigenvalue weighted by atomic mass is 10.2. The highest BCUT2D eigenvalue weighted by Crippen LogP contribution is 2.22. The zero-order valence-corrected chi connectivity index (χ0v) is 12.3. The number of rotatable bonds is 2. The maximum Gasteiger partial charge on any atom is 0.256 e. The van der Waals surface area contributed by atoms with Crippen molar-refractivity contribution < 1.29 is 4.79 Å². The van der Waals surface area contributed by atoms with E-state index in [2.05, 4.69) is 38.1 Å². The third-order valence-corrected chi connectivity index (χ3v) is 3.98. The van der Waals surface area contributed by atoms with E-state index in [9.17, 15) is 4.79 Å². The number of carbonyl (C=O) groups excluding carboxylic acids is 1. The molecule has 0 unspecified atom stereocenters. The predicted octanol–water partition coefficient (Wildman–Crippen LogP) is 2.81. The van der Waals surface area contributed by atoms with E-state index in [-0.39, 0.29) is 5.91 Å². The lowest BCUT2D eigenvalue weighted by molar-refractivity contribution is 0.102. The molecule has 0 aliphatic heterocycles. The van der Waals surface area contributed by atoms with Gasteiger partial charge in [-0.3, -0.25) is 9.89 Å². The molecule has 0 atom stereocenters. The van der Waals surface area contributed by atoms with Gasteiger partial charge in [-0.1, -0.05) is 11.6 Å². The third kappa shape index (κ3) is 2.59. The minimum absolute atomic E-state index is 0.300. The smallest absolute Gasteiger partial charge is 0.256 e. The van der Waals surface area contributed by atoms with Crippen molar-refractivity contribution in [2.24, 2.45) is 0 Å². The van der Waals surface area contributed by atoms with Gasteiger partial charge < -0.3 is 11.1 Å². The molecule has 0 saturated heterocycles. The van der Waals surface area contributed by atoms with Crippen LogP contribution in [0.15, 0.2) is 18.2 Å². The van der Waals surface area contributed by atoms with Crippen molar-refractivity contribution in [2.75, 3.05) is 11.1 Å². The van der Waals surface area contributed by atoms with Crippen molar-refractivity contribution in [3.8, 4) is 0 Å². The van der Waals surface area contributed by atoms with E-state index in [1.165, 1.54) is 0 Å². The van der Waals surface area contributed by atoms with Gasteiger partial charge in [0.1, 0.15) is 0 Å². The molecule has 4 N–H and O–H groups in total. The van der Waals surface area contributed by atoms with E-state index in [1.807, 2.05) is 0 Å². The van der Waals surface area contributed by atoms with Crippen molar-refractivity contribution >= 4 is 51.6 Å². The molecule has 1 amide bonds. The van der Waals surface area contributed by atoms with Crippen LogP contribution >= 0.6 is 34.2 Å². The van der Waals surface area contributed by atoms with Crippen molar-refractivity contribution in [3.63, 3.8) is 0 Å². The first-order valence-electron chi connectivity index (χ1n) is 5.06. The first-order valence-corrected chi connectivity index (χ1v) is 6.51. The molecule has 0 aliphatic rings. The molecule has 0 spiro atoms. The number of carbonyl (C=O) groups is 1. The van der Waals surface area contributed by atoms with Crippen LogP contribution in [0.2, 0.25) is 5.02 Å². The third-order valence-electron chi connectivity index (χ3n) is 2.41. The molecule has 0 aliphatic carbocycles. The Labute approximate surface area is 122 Å². The normalized spacial score (nSPS) is 10.4. The Hall–Kier alpha value is -1.28. The van der Waals surface area contributed by atoms with Gasteiger partial charge in [-0.2, -0.15) is 5.10 Å². The second-order valence-electron chi connectivity index (χ2n) is 3.69. The molecule has 2 rings (SSSR count). The number of benzene rings is 1. The van der Waals surface area contributed by atoms with Crippen LogP contribution in [0.3, 0.4) is 0 Å². The molecule has 94 valence electrons. The molecule has 1 aromatic heterocycles. The molecule has 0 radical (unpaired) electrons. The van der Waals surface area contributed by atoms with Crippen LogP contribution in [0.4, 0.5) is 11.5 Å². The molecule has 0 saturated carbocycles. The quantitative estimate of drug-likeness (QED) is 0.705. The first-order chi connectivity index (χ1) is 8.49. The Morgan fingerprint density at radius 2 is 2.28 bits per heavy atom. The molecule has 1 heterocycles. The standard InChI is InChI=1S/C11H10ClIN4O/c1-5-9(14)10(17-16-5)15-11(18)6-2-3-8(13)7(12)4-6/h2-4H,14H2,1H3,(H2,15,16,17,18). The number of nitrogen functional groups attached to an aromatic ring is 1. The molecule has 0 fully saturated rings. The lowest BCUT2D eigenvalue weighted by Gasteiger charge is -2.04. The van der Waals surface area contributed by atoms with Crippen LogP contribution < -0.4 is 11.1 Å². The van der Waals surface area contributed by atoms with Crippen LogP contribution in [0.1, 0.15) is 16.1 Å². The van der Waals surface area contributed by atoms with Crippen molar-refractivity contribution in [1.29, 1.82) is 0 Å². The Morgan fingerprint density at radius 3 is 2.83 bits per heavy atom. The monoisotopic (exact) mass is 376 g/mol. The molecule has 0 bridgehead atoms. The van der Waals surface area contributed by atoms with Gasteiger partial charge in [0, 0.05) is 9.13 Å². The highest BCUT2D eigenvalue weighted by molar-refractivity contribution is 14.1. The van der Waals surface area contributed by atoms with Crippen LogP contribution in [0.5, 0.6) is 0 Å². The number of H-pyrrole nitrogens is 1. The molecule has 1 aromatic carbocycles. The molecule has 18 heavy (non-hydrogen) atoms. The van der Waals surface area contributed by atoms with Gasteiger partial charge in [0.25, 0.3) is 5.91 Å². The van der Waals surface area contributed by atoms with Gasteiger partial charge in [-0.25, -0.2) is 0 Å². The van der Waals surface area contributed by atoms with E-state index in [0.717, 1.165) is 3.57 Å². The number of hydrogen-bond donors (Lipinski definition) is 3. The number of nitrogens with zero attached hydrogens (tertiary/aromatic N) is 1. The predicted molar refractivity (Wildman–Crippen MR) is 79.9 cm³/mol. The van der Waals surface area contributed by atoms with Crippen molar-refractivity contribution in [3.05, 3.63) is 38.0 Å². The summed E-state index contributed by atoms with van der Waals surface area (Å²) in [7, 11) is 0.